The van der Waals surface area contributed by atoms with Crippen LogP contribution in [0.4, 0.5) is 9.18 Å². The normalized spacial score (nSPS) is 21.7. The standard InChI is InChI=1S/C18H23FIN3O2/c1-17(2,3)18(8-4-5-10-23(18)16(24)25)11-13-14(20)22-9-6-7-12(19)15(22)21-13/h6-7,9H,4-5,8,10-11H2,1-3H3,(H,24,25)/t18-/m0/s1. The Balaban J connectivity index is 2.12. The summed E-state index contributed by atoms with van der Waals surface area (Å²) in [6, 6.07) is 3.05. The smallest absolute Gasteiger partial charge is 0.407 e. The highest BCUT2D eigenvalue weighted by atomic mass is 127. The van der Waals surface area contributed by atoms with Crippen LogP contribution in [-0.4, -0.2) is 37.6 Å². The Labute approximate surface area is 160 Å². The molecule has 0 aromatic carbocycles. The summed E-state index contributed by atoms with van der Waals surface area (Å²) in [5, 5.41) is 9.81. The minimum atomic E-state index is -0.889. The van der Waals surface area contributed by atoms with Gasteiger partial charge in [-0.15, -0.1) is 0 Å². The van der Waals surface area contributed by atoms with Crippen molar-refractivity contribution in [3.05, 3.63) is 33.5 Å². The van der Waals surface area contributed by atoms with E-state index in [9.17, 15) is 14.3 Å². The molecule has 3 heterocycles. The van der Waals surface area contributed by atoms with E-state index in [-0.39, 0.29) is 11.2 Å². The van der Waals surface area contributed by atoms with Gasteiger partial charge in [0.05, 0.1) is 11.2 Å². The molecule has 0 saturated carbocycles. The molecule has 2 aromatic rings. The van der Waals surface area contributed by atoms with Gasteiger partial charge in [-0.3, -0.25) is 4.40 Å². The Morgan fingerprint density at radius 2 is 2.16 bits per heavy atom. The molecule has 0 bridgehead atoms. The number of carbonyl (C=O) groups is 1. The van der Waals surface area contributed by atoms with Crippen molar-refractivity contribution in [1.29, 1.82) is 0 Å². The molecular weight excluding hydrogens is 436 g/mol. The number of rotatable bonds is 2. The fourth-order valence-electron chi connectivity index (χ4n) is 3.99. The molecule has 1 aliphatic heterocycles. The van der Waals surface area contributed by atoms with Gasteiger partial charge in [0.1, 0.15) is 3.70 Å². The number of nitrogens with zero attached hydrogens (tertiary/aromatic N) is 3. The lowest BCUT2D eigenvalue weighted by molar-refractivity contribution is -0.0252. The molecule has 1 saturated heterocycles. The second-order valence-electron chi connectivity index (χ2n) is 7.75. The summed E-state index contributed by atoms with van der Waals surface area (Å²) < 4.78 is 16.7. The number of likely N-dealkylation sites (tertiary alicyclic amines) is 1. The van der Waals surface area contributed by atoms with Crippen LogP contribution < -0.4 is 0 Å². The number of halogens is 2. The maximum absolute atomic E-state index is 14.1. The lowest BCUT2D eigenvalue weighted by Gasteiger charge is -2.53. The third-order valence-electron chi connectivity index (χ3n) is 5.44. The average molecular weight is 459 g/mol. The minimum absolute atomic E-state index is 0.261. The summed E-state index contributed by atoms with van der Waals surface area (Å²) in [5.41, 5.74) is 0.242. The maximum Gasteiger partial charge on any atom is 0.407 e. The minimum Gasteiger partial charge on any atom is -0.465 e. The molecule has 0 spiro atoms. The monoisotopic (exact) mass is 459 g/mol. The molecule has 136 valence electrons. The van der Waals surface area contributed by atoms with Crippen LogP contribution in [-0.2, 0) is 6.42 Å². The van der Waals surface area contributed by atoms with Gasteiger partial charge in [0.2, 0.25) is 0 Å². The quantitative estimate of drug-likeness (QED) is 0.670. The molecular formula is C18H23FIN3O2. The summed E-state index contributed by atoms with van der Waals surface area (Å²) in [7, 11) is 0. The van der Waals surface area contributed by atoms with Crippen LogP contribution >= 0.6 is 22.6 Å². The van der Waals surface area contributed by atoms with E-state index in [1.807, 2.05) is 0 Å². The molecule has 5 nitrogen and oxygen atoms in total. The van der Waals surface area contributed by atoms with Crippen LogP contribution in [0.25, 0.3) is 5.65 Å². The first-order chi connectivity index (χ1) is 11.7. The molecule has 3 rings (SSSR count). The Bertz CT molecular complexity index is 814. The van der Waals surface area contributed by atoms with Crippen molar-refractivity contribution in [2.45, 2.75) is 52.0 Å². The zero-order valence-electron chi connectivity index (χ0n) is 14.7. The van der Waals surface area contributed by atoms with E-state index in [0.717, 1.165) is 28.7 Å². The highest BCUT2D eigenvalue weighted by Gasteiger charge is 2.50. The van der Waals surface area contributed by atoms with E-state index in [4.69, 9.17) is 0 Å². The number of amides is 1. The summed E-state index contributed by atoms with van der Waals surface area (Å²) in [6.07, 6.45) is 4.04. The van der Waals surface area contributed by atoms with Gasteiger partial charge in [-0.05, 0) is 59.4 Å². The zero-order valence-corrected chi connectivity index (χ0v) is 16.9. The maximum atomic E-state index is 14.1. The fraction of sp³-hybridized carbons (Fsp3) is 0.556. The van der Waals surface area contributed by atoms with Crippen molar-refractivity contribution < 1.29 is 14.3 Å². The highest BCUT2D eigenvalue weighted by Crippen LogP contribution is 2.45. The molecule has 1 atom stereocenters. The highest BCUT2D eigenvalue weighted by molar-refractivity contribution is 14.1. The van der Waals surface area contributed by atoms with Gasteiger partial charge < -0.3 is 10.0 Å². The topological polar surface area (TPSA) is 57.8 Å². The van der Waals surface area contributed by atoms with Gasteiger partial charge in [-0.25, -0.2) is 14.2 Å². The molecule has 1 N–H and O–H groups in total. The first-order valence-electron chi connectivity index (χ1n) is 8.49. The molecule has 25 heavy (non-hydrogen) atoms. The van der Waals surface area contributed by atoms with Crippen molar-refractivity contribution in [2.24, 2.45) is 5.41 Å². The Kier molecular flexibility index (Phi) is 4.72. The first kappa shape index (κ1) is 18.4. The number of imidazole rings is 1. The third kappa shape index (κ3) is 3.00. The van der Waals surface area contributed by atoms with Crippen LogP contribution in [0.5, 0.6) is 0 Å². The van der Waals surface area contributed by atoms with Crippen molar-refractivity contribution >= 4 is 34.3 Å². The summed E-state index contributed by atoms with van der Waals surface area (Å²) >= 11 is 2.17. The second kappa shape index (κ2) is 6.41. The summed E-state index contributed by atoms with van der Waals surface area (Å²) in [4.78, 5) is 18.1. The van der Waals surface area contributed by atoms with Crippen LogP contribution in [0.3, 0.4) is 0 Å². The number of fused-ring (bicyclic) bond motifs is 1. The number of aromatic nitrogens is 2. The number of pyridine rings is 1. The molecule has 0 unspecified atom stereocenters. The van der Waals surface area contributed by atoms with Gasteiger partial charge in [0.25, 0.3) is 0 Å². The van der Waals surface area contributed by atoms with Gasteiger partial charge >= 0.3 is 6.09 Å². The molecule has 0 aliphatic carbocycles. The number of piperidine rings is 1. The number of hydrogen-bond donors (Lipinski definition) is 1. The lowest BCUT2D eigenvalue weighted by Crippen LogP contribution is -2.62. The zero-order chi connectivity index (χ0) is 18.4. The van der Waals surface area contributed by atoms with Crippen molar-refractivity contribution in [3.63, 3.8) is 0 Å². The van der Waals surface area contributed by atoms with Crippen molar-refractivity contribution in [1.82, 2.24) is 14.3 Å². The molecule has 7 heteroatoms. The number of hydrogen-bond acceptors (Lipinski definition) is 2. The Hall–Kier alpha value is -1.38. The van der Waals surface area contributed by atoms with E-state index in [1.54, 1.807) is 21.6 Å². The van der Waals surface area contributed by atoms with Crippen LogP contribution in [0.1, 0.15) is 45.7 Å². The van der Waals surface area contributed by atoms with E-state index in [2.05, 4.69) is 48.3 Å². The molecule has 1 fully saturated rings. The van der Waals surface area contributed by atoms with E-state index < -0.39 is 11.6 Å². The van der Waals surface area contributed by atoms with E-state index in [0.29, 0.717) is 18.6 Å². The van der Waals surface area contributed by atoms with E-state index in [1.165, 1.54) is 6.07 Å². The predicted molar refractivity (Wildman–Crippen MR) is 102 cm³/mol. The molecule has 0 radical (unpaired) electrons. The summed E-state index contributed by atoms with van der Waals surface area (Å²) in [6.45, 7) is 6.78. The Morgan fingerprint density at radius 1 is 1.44 bits per heavy atom. The largest absolute Gasteiger partial charge is 0.465 e. The van der Waals surface area contributed by atoms with Crippen LogP contribution in [0.15, 0.2) is 18.3 Å². The average Bonchev–Trinajstić information content (AvgIpc) is 2.85. The van der Waals surface area contributed by atoms with Crippen LogP contribution in [0, 0.1) is 14.9 Å². The van der Waals surface area contributed by atoms with Crippen LogP contribution in [0.2, 0.25) is 0 Å². The van der Waals surface area contributed by atoms with E-state index >= 15 is 0 Å². The second-order valence-corrected chi connectivity index (χ2v) is 8.77. The van der Waals surface area contributed by atoms with Crippen molar-refractivity contribution in [2.75, 3.05) is 6.54 Å². The first-order valence-corrected chi connectivity index (χ1v) is 9.57. The molecule has 1 amide bonds. The third-order valence-corrected chi connectivity index (χ3v) is 6.58. The Morgan fingerprint density at radius 3 is 2.76 bits per heavy atom. The molecule has 1 aliphatic rings. The van der Waals surface area contributed by atoms with Crippen molar-refractivity contribution in [3.8, 4) is 0 Å². The predicted octanol–water partition coefficient (Wildman–Crippen LogP) is 4.57. The fourth-order valence-corrected chi connectivity index (χ4v) is 4.69. The SMILES string of the molecule is CC(C)(C)[C@@]1(Cc2nc3c(F)cccn3c2I)CCCCN1C(=O)O. The van der Waals surface area contributed by atoms with Gasteiger partial charge in [-0.1, -0.05) is 20.8 Å². The van der Waals surface area contributed by atoms with Gasteiger partial charge in [-0.2, -0.15) is 0 Å². The lowest BCUT2D eigenvalue weighted by atomic mass is 9.65. The molecule has 2 aromatic heterocycles. The van der Waals surface area contributed by atoms with Gasteiger partial charge in [0.15, 0.2) is 11.5 Å². The summed E-state index contributed by atoms with van der Waals surface area (Å²) in [5.74, 6) is -0.366. The number of carboxylic acid groups (broad SMARTS) is 1. The van der Waals surface area contributed by atoms with Gasteiger partial charge in [0, 0.05) is 19.2 Å².